The molecule has 142 valence electrons. The molecule has 2 aliphatic rings. The second-order valence-corrected chi connectivity index (χ2v) is 7.05. The molecule has 0 fully saturated rings. The molecule has 0 N–H and O–H groups in total. The van der Waals surface area contributed by atoms with E-state index < -0.39 is 23.7 Å². The highest BCUT2D eigenvalue weighted by molar-refractivity contribution is 5.91. The quantitative estimate of drug-likeness (QED) is 0.757. The molecule has 1 aromatic rings. The van der Waals surface area contributed by atoms with Gasteiger partial charge in [-0.05, 0) is 39.0 Å². The lowest BCUT2D eigenvalue weighted by atomic mass is 9.84. The minimum Gasteiger partial charge on any atom is -0.496 e. The Bertz CT molecular complexity index is 852. The molecule has 0 saturated carbocycles. The summed E-state index contributed by atoms with van der Waals surface area (Å²) in [6, 6.07) is 6.56. The molecule has 0 spiro atoms. The van der Waals surface area contributed by atoms with Crippen molar-refractivity contribution in [3.05, 3.63) is 41.2 Å². The van der Waals surface area contributed by atoms with Gasteiger partial charge in [0.1, 0.15) is 23.2 Å². The molecular weight excluding hydrogens is 348 g/mol. The second-order valence-electron chi connectivity index (χ2n) is 7.05. The number of esters is 1. The molecular formula is C20H22N2O5. The molecule has 1 aromatic carbocycles. The number of amides is 1. The van der Waals surface area contributed by atoms with Gasteiger partial charge in [0.05, 0.1) is 24.8 Å². The first kappa shape index (κ1) is 18.8. The lowest BCUT2D eigenvalue weighted by Gasteiger charge is -2.46. The normalized spacial score (nSPS) is 23.0. The highest BCUT2D eigenvalue weighted by Crippen LogP contribution is 2.45. The van der Waals surface area contributed by atoms with E-state index in [2.05, 4.69) is 6.07 Å². The molecule has 0 bridgehead atoms. The van der Waals surface area contributed by atoms with Crippen LogP contribution in [0.5, 0.6) is 5.75 Å². The number of carbonyl (C=O) groups excluding carboxylic acids is 2. The van der Waals surface area contributed by atoms with E-state index >= 15 is 0 Å². The first-order valence-corrected chi connectivity index (χ1v) is 8.81. The largest absolute Gasteiger partial charge is 0.496 e. The summed E-state index contributed by atoms with van der Waals surface area (Å²) >= 11 is 0. The van der Waals surface area contributed by atoms with Crippen molar-refractivity contribution in [2.75, 3.05) is 13.2 Å². The van der Waals surface area contributed by atoms with E-state index in [1.807, 2.05) is 20.8 Å². The summed E-state index contributed by atoms with van der Waals surface area (Å²) in [4.78, 5) is 26.1. The number of rotatable bonds is 4. The number of hydrogen-bond donors (Lipinski definition) is 0. The molecule has 2 aliphatic heterocycles. The predicted molar refractivity (Wildman–Crippen MR) is 95.6 cm³/mol. The van der Waals surface area contributed by atoms with Crippen molar-refractivity contribution < 1.29 is 23.8 Å². The topological polar surface area (TPSA) is 88.9 Å². The number of nitriles is 1. The van der Waals surface area contributed by atoms with E-state index in [1.54, 1.807) is 23.1 Å². The van der Waals surface area contributed by atoms with Crippen LogP contribution in [0.2, 0.25) is 0 Å². The molecule has 2 heterocycles. The molecule has 0 aromatic heterocycles. The average Bonchev–Trinajstić information content (AvgIpc) is 2.95. The zero-order valence-corrected chi connectivity index (χ0v) is 15.8. The maximum atomic E-state index is 12.7. The molecule has 0 aliphatic carbocycles. The number of ether oxygens (including phenoxy) is 3. The highest BCUT2D eigenvalue weighted by Gasteiger charge is 2.50. The Morgan fingerprint density at radius 3 is 2.81 bits per heavy atom. The van der Waals surface area contributed by atoms with Crippen LogP contribution in [-0.2, 0) is 19.1 Å². The summed E-state index contributed by atoms with van der Waals surface area (Å²) in [5.74, 6) is 0.425. The molecule has 27 heavy (non-hydrogen) atoms. The van der Waals surface area contributed by atoms with Crippen molar-refractivity contribution in [1.82, 2.24) is 4.90 Å². The van der Waals surface area contributed by atoms with Crippen molar-refractivity contribution in [1.29, 1.82) is 5.26 Å². The van der Waals surface area contributed by atoms with Crippen molar-refractivity contribution in [3.63, 3.8) is 0 Å². The van der Waals surface area contributed by atoms with Gasteiger partial charge in [0.15, 0.2) is 6.10 Å². The Labute approximate surface area is 158 Å². The Kier molecular flexibility index (Phi) is 4.83. The van der Waals surface area contributed by atoms with E-state index in [4.69, 9.17) is 14.2 Å². The first-order valence-electron chi connectivity index (χ1n) is 8.81. The number of nitrogens with zero attached hydrogens (tertiary/aromatic N) is 2. The van der Waals surface area contributed by atoms with Crippen molar-refractivity contribution in [2.45, 2.75) is 45.4 Å². The zero-order chi connectivity index (χ0) is 19.8. The molecule has 7 nitrogen and oxygen atoms in total. The van der Waals surface area contributed by atoms with Gasteiger partial charge < -0.3 is 19.1 Å². The Hall–Kier alpha value is -3.01. The van der Waals surface area contributed by atoms with Crippen LogP contribution in [0.1, 0.15) is 44.9 Å². The van der Waals surface area contributed by atoms with E-state index in [-0.39, 0.29) is 12.5 Å². The van der Waals surface area contributed by atoms with E-state index in [9.17, 15) is 14.9 Å². The first-order chi connectivity index (χ1) is 12.8. The van der Waals surface area contributed by atoms with Gasteiger partial charge in [-0.3, -0.25) is 9.59 Å². The van der Waals surface area contributed by atoms with Crippen LogP contribution in [0.15, 0.2) is 30.0 Å². The van der Waals surface area contributed by atoms with Gasteiger partial charge >= 0.3 is 5.97 Å². The van der Waals surface area contributed by atoms with Crippen LogP contribution in [0.25, 0.3) is 0 Å². The number of hydrogen-bond acceptors (Lipinski definition) is 6. The van der Waals surface area contributed by atoms with E-state index in [1.165, 1.54) is 13.0 Å². The lowest BCUT2D eigenvalue weighted by molar-refractivity contribution is -0.171. The van der Waals surface area contributed by atoms with Crippen LogP contribution in [0, 0.1) is 11.3 Å². The van der Waals surface area contributed by atoms with Crippen LogP contribution in [-0.4, -0.2) is 41.6 Å². The minimum absolute atomic E-state index is 0.230. The maximum absolute atomic E-state index is 12.7. The smallest absolute Gasteiger partial charge is 0.303 e. The zero-order valence-electron chi connectivity index (χ0n) is 15.8. The molecule has 0 radical (unpaired) electrons. The van der Waals surface area contributed by atoms with Crippen molar-refractivity contribution in [3.8, 4) is 11.8 Å². The second kappa shape index (κ2) is 6.95. The van der Waals surface area contributed by atoms with E-state index in [0.29, 0.717) is 29.2 Å². The molecule has 3 rings (SSSR count). The third kappa shape index (κ3) is 3.47. The fraction of sp³-hybridized carbons (Fsp3) is 0.450. The number of benzene rings is 1. The Balaban J connectivity index is 2.10. The molecule has 7 heteroatoms. The summed E-state index contributed by atoms with van der Waals surface area (Å²) in [7, 11) is 0. The fourth-order valence-corrected chi connectivity index (χ4v) is 3.56. The summed E-state index contributed by atoms with van der Waals surface area (Å²) in [6.45, 7) is 7.51. The van der Waals surface area contributed by atoms with Crippen LogP contribution in [0.3, 0.4) is 0 Å². The van der Waals surface area contributed by atoms with Gasteiger partial charge in [-0.2, -0.15) is 5.26 Å². The van der Waals surface area contributed by atoms with E-state index in [0.717, 1.165) is 0 Å². The number of fused-ring (bicyclic) bond motifs is 1. The molecule has 2 unspecified atom stereocenters. The maximum Gasteiger partial charge on any atom is 0.303 e. The Morgan fingerprint density at radius 2 is 2.19 bits per heavy atom. The van der Waals surface area contributed by atoms with Gasteiger partial charge in [0, 0.05) is 18.6 Å². The fourth-order valence-electron chi connectivity index (χ4n) is 3.56. The SMILES string of the molecule is CCOC1=CC(=O)N(C2c3cc(C#N)ccc3OC(C)(C)C2OC(C)=O)C1. The average molecular weight is 370 g/mol. The summed E-state index contributed by atoms with van der Waals surface area (Å²) in [5.41, 5.74) is 0.207. The summed E-state index contributed by atoms with van der Waals surface area (Å²) in [6.07, 6.45) is 0.708. The minimum atomic E-state index is -0.869. The summed E-state index contributed by atoms with van der Waals surface area (Å²) < 4.78 is 17.2. The van der Waals surface area contributed by atoms with Gasteiger partial charge in [0.25, 0.3) is 5.91 Å². The third-order valence-electron chi connectivity index (χ3n) is 4.65. The molecule has 2 atom stereocenters. The lowest BCUT2D eigenvalue weighted by Crippen LogP contribution is -2.55. The van der Waals surface area contributed by atoms with Gasteiger partial charge in [-0.1, -0.05) is 0 Å². The predicted octanol–water partition coefficient (Wildman–Crippen LogP) is 2.46. The van der Waals surface area contributed by atoms with Crippen LogP contribution < -0.4 is 4.74 Å². The standard InChI is InChI=1S/C20H22N2O5/c1-5-25-14-9-17(24)22(11-14)18-15-8-13(10-21)6-7-16(15)27-20(3,4)19(18)26-12(2)23/h6-9,18-19H,5,11H2,1-4H3. The highest BCUT2D eigenvalue weighted by atomic mass is 16.6. The molecule has 1 amide bonds. The summed E-state index contributed by atoms with van der Waals surface area (Å²) in [5, 5.41) is 9.28. The van der Waals surface area contributed by atoms with Crippen molar-refractivity contribution in [2.24, 2.45) is 0 Å². The third-order valence-corrected chi connectivity index (χ3v) is 4.65. The van der Waals surface area contributed by atoms with Crippen molar-refractivity contribution >= 4 is 11.9 Å². The van der Waals surface area contributed by atoms with Crippen LogP contribution >= 0.6 is 0 Å². The Morgan fingerprint density at radius 1 is 1.44 bits per heavy atom. The van der Waals surface area contributed by atoms with Gasteiger partial charge in [-0.25, -0.2) is 0 Å². The number of carbonyl (C=O) groups is 2. The van der Waals surface area contributed by atoms with Gasteiger partial charge in [-0.15, -0.1) is 0 Å². The monoisotopic (exact) mass is 370 g/mol. The van der Waals surface area contributed by atoms with Crippen LogP contribution in [0.4, 0.5) is 0 Å². The molecule has 0 saturated heterocycles. The van der Waals surface area contributed by atoms with Gasteiger partial charge in [0.2, 0.25) is 0 Å².